The second-order valence-electron chi connectivity index (χ2n) is 12.5. The number of aromatic nitrogens is 1. The number of ether oxygens (including phenoxy) is 3. The van der Waals surface area contributed by atoms with Gasteiger partial charge >= 0.3 is 0 Å². The van der Waals surface area contributed by atoms with Crippen molar-refractivity contribution in [2.45, 2.75) is 86.5 Å². The molecule has 0 amide bonds. The van der Waals surface area contributed by atoms with E-state index in [1.807, 2.05) is 0 Å². The largest absolute Gasteiger partial charge is 0.383 e. The van der Waals surface area contributed by atoms with E-state index in [9.17, 15) is 8.42 Å². The summed E-state index contributed by atoms with van der Waals surface area (Å²) in [6.07, 6.45) is 5.72. The normalized spacial score (nSPS) is 17.9. The van der Waals surface area contributed by atoms with E-state index in [4.69, 9.17) is 19.9 Å². The molecule has 1 atom stereocenters. The molecule has 2 aliphatic heterocycles. The van der Waals surface area contributed by atoms with E-state index in [2.05, 4.69) is 70.7 Å². The number of rotatable bonds is 10. The van der Waals surface area contributed by atoms with Crippen molar-refractivity contribution in [2.24, 2.45) is 0 Å². The molecular formula is C33H43BrN4O5S. The summed E-state index contributed by atoms with van der Waals surface area (Å²) in [5, 5.41) is 0. The number of nitrogens with zero attached hydrogens (tertiary/aromatic N) is 1. The molecule has 4 N–H and O–H groups in total. The van der Waals surface area contributed by atoms with Crippen LogP contribution in [0.25, 0.3) is 11.1 Å². The molecule has 0 radical (unpaired) electrons. The molecule has 0 spiro atoms. The minimum Gasteiger partial charge on any atom is -0.383 e. The van der Waals surface area contributed by atoms with Gasteiger partial charge in [0.15, 0.2) is 6.29 Å². The van der Waals surface area contributed by atoms with E-state index in [-0.39, 0.29) is 33.5 Å². The first-order valence-corrected chi connectivity index (χ1v) is 17.5. The van der Waals surface area contributed by atoms with Gasteiger partial charge in [-0.05, 0) is 105 Å². The zero-order valence-electron chi connectivity index (χ0n) is 25.6. The van der Waals surface area contributed by atoms with Gasteiger partial charge in [-0.25, -0.2) is 18.8 Å². The van der Waals surface area contributed by atoms with Gasteiger partial charge in [0.05, 0.1) is 18.1 Å². The second kappa shape index (κ2) is 14.4. The third-order valence-electron chi connectivity index (χ3n) is 7.96. The Morgan fingerprint density at radius 1 is 1.00 bits per heavy atom. The van der Waals surface area contributed by atoms with Crippen molar-refractivity contribution >= 4 is 31.6 Å². The van der Waals surface area contributed by atoms with Crippen LogP contribution in [-0.2, 0) is 24.0 Å². The molecule has 0 unspecified atom stereocenters. The quantitative estimate of drug-likeness (QED) is 0.211. The molecule has 0 aliphatic carbocycles. The highest BCUT2D eigenvalue weighted by atomic mass is 79.9. The first kappa shape index (κ1) is 33.0. The SMILES string of the molecule is CC(C)(C)NN[C@@H](CCC1OCCCO1)c1cc(-c2cnc(N)c(S(=O)(=O)c3ccc(Br)cc3)c2)ccc1C1CCOCC1. The van der Waals surface area contributed by atoms with Crippen molar-refractivity contribution < 1.29 is 22.6 Å². The molecule has 0 bridgehead atoms. The first-order chi connectivity index (χ1) is 21.0. The third kappa shape index (κ3) is 8.25. The predicted octanol–water partition coefficient (Wildman–Crippen LogP) is 6.30. The number of sulfone groups is 1. The van der Waals surface area contributed by atoms with E-state index in [0.717, 1.165) is 60.9 Å². The van der Waals surface area contributed by atoms with Gasteiger partial charge in [0.25, 0.3) is 0 Å². The molecule has 5 rings (SSSR count). The summed E-state index contributed by atoms with van der Waals surface area (Å²) in [5.74, 6) is 0.323. The summed E-state index contributed by atoms with van der Waals surface area (Å²) >= 11 is 3.37. The summed E-state index contributed by atoms with van der Waals surface area (Å²) in [5.41, 5.74) is 17.1. The third-order valence-corrected chi connectivity index (χ3v) is 10.3. The van der Waals surface area contributed by atoms with Gasteiger partial charge in [0.1, 0.15) is 10.7 Å². The summed E-state index contributed by atoms with van der Waals surface area (Å²) in [4.78, 5) is 4.48. The fourth-order valence-corrected chi connectivity index (χ4v) is 7.24. The molecule has 238 valence electrons. The zero-order valence-corrected chi connectivity index (χ0v) is 28.0. The molecule has 2 saturated heterocycles. The molecular weight excluding hydrogens is 644 g/mol. The van der Waals surface area contributed by atoms with Crippen LogP contribution in [0, 0.1) is 0 Å². The van der Waals surface area contributed by atoms with E-state index < -0.39 is 9.84 Å². The maximum absolute atomic E-state index is 13.6. The van der Waals surface area contributed by atoms with Crippen molar-refractivity contribution in [2.75, 3.05) is 32.2 Å². The topological polar surface area (TPSA) is 125 Å². The summed E-state index contributed by atoms with van der Waals surface area (Å²) < 4.78 is 45.5. The van der Waals surface area contributed by atoms with Gasteiger partial charge in [-0.15, -0.1) is 0 Å². The van der Waals surface area contributed by atoms with Gasteiger partial charge in [-0.2, -0.15) is 0 Å². The van der Waals surface area contributed by atoms with Crippen molar-refractivity contribution in [3.05, 3.63) is 70.3 Å². The Labute approximate surface area is 269 Å². The van der Waals surface area contributed by atoms with Crippen LogP contribution in [0.1, 0.15) is 76.0 Å². The van der Waals surface area contributed by atoms with Crippen LogP contribution < -0.4 is 16.6 Å². The van der Waals surface area contributed by atoms with Gasteiger partial charge in [-0.3, -0.25) is 5.43 Å². The smallest absolute Gasteiger partial charge is 0.210 e. The summed E-state index contributed by atoms with van der Waals surface area (Å²) in [7, 11) is -3.89. The van der Waals surface area contributed by atoms with E-state index in [0.29, 0.717) is 24.7 Å². The predicted molar refractivity (Wildman–Crippen MR) is 175 cm³/mol. The second-order valence-corrected chi connectivity index (χ2v) is 15.3. The number of halogens is 1. The maximum Gasteiger partial charge on any atom is 0.210 e. The van der Waals surface area contributed by atoms with Crippen LogP contribution in [0.4, 0.5) is 5.82 Å². The van der Waals surface area contributed by atoms with Crippen molar-refractivity contribution in [1.29, 1.82) is 0 Å². The zero-order chi connectivity index (χ0) is 31.3. The average Bonchev–Trinajstić information content (AvgIpc) is 3.02. The lowest BCUT2D eigenvalue weighted by Gasteiger charge is -2.32. The van der Waals surface area contributed by atoms with Crippen LogP contribution in [0.5, 0.6) is 0 Å². The highest BCUT2D eigenvalue weighted by Crippen LogP contribution is 2.38. The molecule has 9 nitrogen and oxygen atoms in total. The fraction of sp³-hybridized carbons (Fsp3) is 0.485. The maximum atomic E-state index is 13.6. The van der Waals surface area contributed by atoms with Crippen LogP contribution in [0.2, 0.25) is 0 Å². The molecule has 2 aromatic carbocycles. The number of hydrogen-bond acceptors (Lipinski definition) is 9. The highest BCUT2D eigenvalue weighted by Gasteiger charge is 2.27. The minimum atomic E-state index is -3.89. The number of nitrogens with two attached hydrogens (primary N) is 1. The minimum absolute atomic E-state index is 0.0111. The van der Waals surface area contributed by atoms with Crippen molar-refractivity contribution in [3.8, 4) is 11.1 Å². The van der Waals surface area contributed by atoms with Gasteiger partial charge < -0.3 is 19.9 Å². The van der Waals surface area contributed by atoms with Crippen LogP contribution in [0.15, 0.2) is 69.0 Å². The lowest BCUT2D eigenvalue weighted by Crippen LogP contribution is -2.48. The lowest BCUT2D eigenvalue weighted by atomic mass is 9.83. The van der Waals surface area contributed by atoms with Gasteiger partial charge in [-0.1, -0.05) is 28.1 Å². The number of hydrogen-bond donors (Lipinski definition) is 3. The fourth-order valence-electron chi connectivity index (χ4n) is 5.62. The Bertz CT molecular complexity index is 1520. The van der Waals surface area contributed by atoms with Gasteiger partial charge in [0, 0.05) is 47.4 Å². The number of anilines is 1. The van der Waals surface area contributed by atoms with Gasteiger partial charge in [0.2, 0.25) is 9.84 Å². The molecule has 44 heavy (non-hydrogen) atoms. The first-order valence-electron chi connectivity index (χ1n) is 15.3. The Kier molecular flexibility index (Phi) is 10.8. The van der Waals surface area contributed by atoms with Crippen molar-refractivity contribution in [1.82, 2.24) is 15.8 Å². The number of benzene rings is 2. The summed E-state index contributed by atoms with van der Waals surface area (Å²) in [6.45, 7) is 9.23. The Hall–Kier alpha value is -2.38. The molecule has 11 heteroatoms. The molecule has 2 fully saturated rings. The standard InChI is InChI=1S/C33H43BrN4O5S/c1-33(2,3)38-37-29(11-12-31-42-15-4-16-43-31)28-19-23(5-10-27(28)22-13-17-41-18-14-22)24-20-30(32(35)36-21-24)44(39,40)26-8-6-25(34)7-9-26/h5-10,19-22,29,31,37-38H,4,11-18H2,1-3H3,(H2,35,36)/t29-/m0/s1. The number of nitrogen functional groups attached to an aromatic ring is 1. The molecule has 0 saturated carbocycles. The van der Waals surface area contributed by atoms with E-state index in [1.165, 1.54) is 5.56 Å². The molecule has 3 aromatic rings. The molecule has 1 aromatic heterocycles. The Morgan fingerprint density at radius 2 is 1.70 bits per heavy atom. The number of hydrazine groups is 1. The Morgan fingerprint density at radius 3 is 2.39 bits per heavy atom. The molecule has 3 heterocycles. The summed E-state index contributed by atoms with van der Waals surface area (Å²) in [6, 6.07) is 14.5. The number of nitrogens with one attached hydrogen (secondary N) is 2. The highest BCUT2D eigenvalue weighted by molar-refractivity contribution is 9.10. The van der Waals surface area contributed by atoms with E-state index in [1.54, 1.807) is 36.5 Å². The lowest BCUT2D eigenvalue weighted by molar-refractivity contribution is -0.182. The van der Waals surface area contributed by atoms with Crippen LogP contribution in [0.3, 0.4) is 0 Å². The van der Waals surface area contributed by atoms with Crippen LogP contribution >= 0.6 is 15.9 Å². The van der Waals surface area contributed by atoms with Crippen molar-refractivity contribution in [3.63, 3.8) is 0 Å². The average molecular weight is 688 g/mol. The molecule has 2 aliphatic rings. The Balaban J connectivity index is 1.54. The monoisotopic (exact) mass is 686 g/mol. The number of pyridine rings is 1. The van der Waals surface area contributed by atoms with Crippen LogP contribution in [-0.4, -0.2) is 51.7 Å². The van der Waals surface area contributed by atoms with E-state index >= 15 is 0 Å².